The number of hydrogen-bond acceptors (Lipinski definition) is 3. The molecule has 4 heteroatoms. The molecule has 2 aromatic carbocycles. The van der Waals surface area contributed by atoms with E-state index in [2.05, 4.69) is 73.9 Å². The number of piperidine rings is 1. The molecule has 1 aliphatic heterocycles. The Morgan fingerprint density at radius 3 is 2.03 bits per heavy atom. The zero-order chi connectivity index (χ0) is 24.5. The first-order valence-electron chi connectivity index (χ1n) is 13.4. The highest BCUT2D eigenvalue weighted by Gasteiger charge is 2.26. The maximum Gasteiger partial charge on any atom is 0.0406 e. The van der Waals surface area contributed by atoms with Crippen molar-refractivity contribution < 1.29 is 0 Å². The highest BCUT2D eigenvalue weighted by atomic mass is 35.5. The molecule has 3 rings (SSSR count). The summed E-state index contributed by atoms with van der Waals surface area (Å²) in [6.45, 7) is 13.7. The van der Waals surface area contributed by atoms with Gasteiger partial charge in [0.05, 0.1) is 0 Å². The van der Waals surface area contributed by atoms with Gasteiger partial charge in [0.1, 0.15) is 0 Å². The monoisotopic (exact) mass is 483 g/mol. The van der Waals surface area contributed by atoms with Crippen LogP contribution in [0.15, 0.2) is 48.5 Å². The van der Waals surface area contributed by atoms with E-state index in [0.717, 1.165) is 56.4 Å². The van der Waals surface area contributed by atoms with Crippen molar-refractivity contribution >= 4 is 17.3 Å². The molecule has 2 aromatic rings. The molecule has 2 N–H and O–H groups in total. The van der Waals surface area contributed by atoms with E-state index < -0.39 is 0 Å². The van der Waals surface area contributed by atoms with Crippen molar-refractivity contribution in [1.82, 2.24) is 4.90 Å². The average Bonchev–Trinajstić information content (AvgIpc) is 2.84. The molecule has 1 saturated heterocycles. The van der Waals surface area contributed by atoms with Crippen LogP contribution in [0.5, 0.6) is 0 Å². The summed E-state index contributed by atoms with van der Waals surface area (Å²) in [5.74, 6) is 1.31. The molecule has 0 aromatic heterocycles. The van der Waals surface area contributed by atoms with E-state index in [4.69, 9.17) is 17.3 Å². The molecule has 0 saturated carbocycles. The molecule has 0 amide bonds. The van der Waals surface area contributed by atoms with E-state index in [9.17, 15) is 0 Å². The van der Waals surface area contributed by atoms with Crippen molar-refractivity contribution in [1.29, 1.82) is 0 Å². The second-order valence-corrected chi connectivity index (χ2v) is 11.2. The van der Waals surface area contributed by atoms with Gasteiger partial charge in [-0.05, 0) is 79.3 Å². The van der Waals surface area contributed by atoms with Gasteiger partial charge >= 0.3 is 0 Å². The predicted molar refractivity (Wildman–Crippen MR) is 149 cm³/mol. The molecular weight excluding hydrogens is 438 g/mol. The van der Waals surface area contributed by atoms with Crippen LogP contribution in [-0.2, 0) is 12.8 Å². The summed E-state index contributed by atoms with van der Waals surface area (Å²) in [5.41, 5.74) is 10.6. The van der Waals surface area contributed by atoms with Gasteiger partial charge in [0.25, 0.3) is 0 Å². The minimum absolute atomic E-state index is 0.291. The van der Waals surface area contributed by atoms with Crippen molar-refractivity contribution in [2.75, 3.05) is 31.1 Å². The van der Waals surface area contributed by atoms with Crippen LogP contribution in [0.3, 0.4) is 0 Å². The summed E-state index contributed by atoms with van der Waals surface area (Å²) < 4.78 is 0. The van der Waals surface area contributed by atoms with Gasteiger partial charge in [0, 0.05) is 49.0 Å². The van der Waals surface area contributed by atoms with Gasteiger partial charge in [-0.1, -0.05) is 70.0 Å². The fourth-order valence-electron chi connectivity index (χ4n) is 4.91. The van der Waals surface area contributed by atoms with Crippen LogP contribution in [0, 0.1) is 11.8 Å². The lowest BCUT2D eigenvalue weighted by molar-refractivity contribution is 0.183. The van der Waals surface area contributed by atoms with Crippen LogP contribution >= 0.6 is 11.6 Å². The number of nitrogens with zero attached hydrogens (tertiary/aromatic N) is 2. The first-order valence-corrected chi connectivity index (χ1v) is 13.8. The van der Waals surface area contributed by atoms with Gasteiger partial charge < -0.3 is 15.5 Å². The van der Waals surface area contributed by atoms with E-state index >= 15 is 0 Å². The molecule has 0 aliphatic carbocycles. The number of likely N-dealkylation sites (tertiary alicyclic amines) is 1. The molecule has 1 heterocycles. The third kappa shape index (κ3) is 8.29. The van der Waals surface area contributed by atoms with Gasteiger partial charge in [-0.15, -0.1) is 0 Å². The average molecular weight is 484 g/mol. The van der Waals surface area contributed by atoms with Gasteiger partial charge in [0.2, 0.25) is 0 Å². The number of rotatable bonds is 12. The Bertz CT molecular complexity index is 825. The lowest BCUT2D eigenvalue weighted by Gasteiger charge is -2.41. The van der Waals surface area contributed by atoms with Crippen LogP contribution < -0.4 is 10.6 Å². The Morgan fingerprint density at radius 2 is 1.50 bits per heavy atom. The summed E-state index contributed by atoms with van der Waals surface area (Å²) in [6.07, 6.45) is 6.95. The number of anilines is 1. The van der Waals surface area contributed by atoms with E-state index in [-0.39, 0.29) is 0 Å². The van der Waals surface area contributed by atoms with Gasteiger partial charge in [-0.2, -0.15) is 0 Å². The number of benzene rings is 2. The zero-order valence-corrected chi connectivity index (χ0v) is 22.6. The minimum Gasteiger partial charge on any atom is -0.368 e. The second kappa shape index (κ2) is 13.5. The largest absolute Gasteiger partial charge is 0.368 e. The summed E-state index contributed by atoms with van der Waals surface area (Å²) in [5, 5.41) is 0.804. The van der Waals surface area contributed by atoms with Crippen molar-refractivity contribution in [2.24, 2.45) is 17.6 Å². The summed E-state index contributed by atoms with van der Waals surface area (Å²) >= 11 is 6.02. The van der Waals surface area contributed by atoms with Crippen LogP contribution in [0.4, 0.5) is 5.69 Å². The lowest BCUT2D eigenvalue weighted by atomic mass is 9.96. The van der Waals surface area contributed by atoms with Crippen LogP contribution in [0.25, 0.3) is 0 Å². The summed E-state index contributed by atoms with van der Waals surface area (Å²) in [7, 11) is 0. The maximum absolute atomic E-state index is 6.45. The number of halogens is 1. The normalized spacial score (nSPS) is 17.1. The Labute approximate surface area is 213 Å². The van der Waals surface area contributed by atoms with E-state index in [0.29, 0.717) is 18.0 Å². The Hall–Kier alpha value is -1.55. The molecular formula is C30H46ClN3. The Balaban J connectivity index is 1.59. The predicted octanol–water partition coefficient (Wildman–Crippen LogP) is 6.82. The quantitative estimate of drug-likeness (QED) is 0.359. The van der Waals surface area contributed by atoms with Crippen molar-refractivity contribution in [3.63, 3.8) is 0 Å². The number of nitrogens with two attached hydrogens (primary N) is 1. The smallest absolute Gasteiger partial charge is 0.0406 e. The molecule has 0 bridgehead atoms. The molecule has 0 spiro atoms. The zero-order valence-electron chi connectivity index (χ0n) is 21.8. The topological polar surface area (TPSA) is 32.5 Å². The summed E-state index contributed by atoms with van der Waals surface area (Å²) in [4.78, 5) is 5.28. The highest BCUT2D eigenvalue weighted by molar-refractivity contribution is 6.30. The molecule has 1 unspecified atom stereocenters. The maximum atomic E-state index is 6.45. The molecule has 34 heavy (non-hydrogen) atoms. The first-order chi connectivity index (χ1) is 16.4. The van der Waals surface area contributed by atoms with Crippen molar-refractivity contribution in [2.45, 2.75) is 78.3 Å². The van der Waals surface area contributed by atoms with Crippen LogP contribution in [-0.4, -0.2) is 43.2 Å². The molecule has 188 valence electrons. The fourth-order valence-corrected chi connectivity index (χ4v) is 5.03. The second-order valence-electron chi connectivity index (χ2n) is 10.7. The third-order valence-corrected chi connectivity index (χ3v) is 7.92. The lowest BCUT2D eigenvalue weighted by Crippen LogP contribution is -2.49. The molecule has 1 fully saturated rings. The minimum atomic E-state index is 0.291. The van der Waals surface area contributed by atoms with Crippen LogP contribution in [0.1, 0.15) is 64.5 Å². The molecule has 0 radical (unpaired) electrons. The fraction of sp³-hybridized carbons (Fsp3) is 0.600. The number of aryl methyl sites for hydroxylation is 2. The summed E-state index contributed by atoms with van der Waals surface area (Å²) in [6, 6.07) is 18.5. The van der Waals surface area contributed by atoms with Gasteiger partial charge in [0.15, 0.2) is 0 Å². The molecule has 1 aliphatic rings. The van der Waals surface area contributed by atoms with Crippen molar-refractivity contribution in [3.8, 4) is 0 Å². The van der Waals surface area contributed by atoms with Crippen molar-refractivity contribution in [3.05, 3.63) is 64.7 Å². The number of hydrogen-bond donors (Lipinski definition) is 1. The third-order valence-electron chi connectivity index (χ3n) is 7.67. The van der Waals surface area contributed by atoms with E-state index in [1.54, 1.807) is 0 Å². The van der Waals surface area contributed by atoms with E-state index in [1.165, 1.54) is 36.1 Å². The van der Waals surface area contributed by atoms with E-state index in [1.807, 2.05) is 12.1 Å². The molecule has 2 atom stereocenters. The molecule has 3 nitrogen and oxygen atoms in total. The van der Waals surface area contributed by atoms with Gasteiger partial charge in [-0.25, -0.2) is 0 Å². The van der Waals surface area contributed by atoms with Gasteiger partial charge in [-0.3, -0.25) is 0 Å². The van der Waals surface area contributed by atoms with Crippen LogP contribution in [0.2, 0.25) is 5.02 Å². The SMILES string of the molecule is CCC(C)[C@H](N)CN1CCC(N(CCC(C)C)c2ccc(CCc3ccc(Cl)cc3)cc2)CC1. The Morgan fingerprint density at radius 1 is 0.941 bits per heavy atom. The first kappa shape index (κ1) is 27.0. The standard InChI is InChI=1S/C30H46ClN3/c1-5-24(4)30(32)22-33-19-17-29(18-20-33)34(21-16-23(2)3)28-14-10-26(11-15-28)7-6-25-8-12-27(31)13-9-25/h8-15,23-24,29-30H,5-7,16-22,32H2,1-4H3/t24?,30-/m1/s1. The Kier molecular flexibility index (Phi) is 10.8. The highest BCUT2D eigenvalue weighted by Crippen LogP contribution is 2.26.